The molecule has 1 saturated carbocycles. The molecule has 0 radical (unpaired) electrons. The van der Waals surface area contributed by atoms with Gasteiger partial charge in [0.05, 0.1) is 0 Å². The van der Waals surface area contributed by atoms with Gasteiger partial charge in [-0.05, 0) is 0 Å². The molecule has 1 fully saturated rings. The normalized spacial score (nSPS) is 18.1. The Bertz CT molecular complexity index is 1590. The molecule has 6 rings (SSSR count). The summed E-state index contributed by atoms with van der Waals surface area (Å²) in [4.78, 5) is 0. The SMILES string of the molecule is CC(C)c1cc([C](C2CCCCC2)=[Zr]([CH]2C=CC=C2)[CH]2c3cc(C(C)(C)C)ccc3-c3ccc(C(C)(C)C)cc32)cc(C(C)C)c1. The van der Waals surface area contributed by atoms with Crippen LogP contribution in [-0.4, -0.2) is 3.21 Å². The monoisotopic (exact) mass is 688 g/mol. The summed E-state index contributed by atoms with van der Waals surface area (Å²) < 4.78 is 3.01. The van der Waals surface area contributed by atoms with Gasteiger partial charge < -0.3 is 0 Å². The van der Waals surface area contributed by atoms with Gasteiger partial charge in [-0.3, -0.25) is 0 Å². The first-order valence-corrected chi connectivity index (χ1v) is 22.3. The second-order valence-electron chi connectivity index (χ2n) is 17.2. The van der Waals surface area contributed by atoms with E-state index in [1.165, 1.54) is 65.5 Å². The Morgan fingerprint density at radius 2 is 1.11 bits per heavy atom. The molecule has 0 atom stereocenters. The minimum absolute atomic E-state index is 0.120. The van der Waals surface area contributed by atoms with Crippen LogP contribution < -0.4 is 0 Å². The molecule has 1 heteroatoms. The summed E-state index contributed by atoms with van der Waals surface area (Å²) in [6.45, 7) is 23.9. The molecule has 46 heavy (non-hydrogen) atoms. The Morgan fingerprint density at radius 1 is 0.630 bits per heavy atom. The van der Waals surface area contributed by atoms with Crippen molar-refractivity contribution in [1.82, 2.24) is 0 Å². The molecule has 0 amide bonds. The van der Waals surface area contributed by atoms with Crippen molar-refractivity contribution in [2.24, 2.45) is 5.92 Å². The summed E-state index contributed by atoms with van der Waals surface area (Å²) in [6.07, 6.45) is 16.8. The van der Waals surface area contributed by atoms with Crippen molar-refractivity contribution in [2.45, 2.75) is 131 Å². The van der Waals surface area contributed by atoms with Gasteiger partial charge in [-0.25, -0.2) is 0 Å². The van der Waals surface area contributed by atoms with E-state index in [0.29, 0.717) is 25.0 Å². The van der Waals surface area contributed by atoms with Crippen molar-refractivity contribution in [3.8, 4) is 11.1 Å². The zero-order valence-electron chi connectivity index (χ0n) is 30.4. The molecule has 0 nitrogen and oxygen atoms in total. The number of allylic oxidation sites excluding steroid dienone is 4. The van der Waals surface area contributed by atoms with Crippen molar-refractivity contribution < 1.29 is 21.3 Å². The van der Waals surface area contributed by atoms with Crippen LogP contribution in [0.3, 0.4) is 0 Å². The van der Waals surface area contributed by atoms with Gasteiger partial charge in [0.2, 0.25) is 0 Å². The number of fused-ring (bicyclic) bond motifs is 3. The molecule has 0 unspecified atom stereocenters. The van der Waals surface area contributed by atoms with Gasteiger partial charge in [0.15, 0.2) is 0 Å². The Morgan fingerprint density at radius 3 is 1.54 bits per heavy atom. The second kappa shape index (κ2) is 13.1. The quantitative estimate of drug-likeness (QED) is 0.242. The number of hydrogen-bond donors (Lipinski definition) is 0. The van der Waals surface area contributed by atoms with E-state index in [0.717, 1.165) is 0 Å². The van der Waals surface area contributed by atoms with Crippen LogP contribution in [0, 0.1) is 5.92 Å². The first kappa shape index (κ1) is 33.8. The molecule has 3 aliphatic carbocycles. The summed E-state index contributed by atoms with van der Waals surface area (Å²) in [5.41, 5.74) is 14.1. The molecule has 3 aliphatic rings. The van der Waals surface area contributed by atoms with E-state index >= 15 is 0 Å². The Balaban J connectivity index is 1.73. The zero-order valence-corrected chi connectivity index (χ0v) is 32.9. The van der Waals surface area contributed by atoms with E-state index in [1.54, 1.807) is 16.7 Å². The van der Waals surface area contributed by atoms with Crippen LogP contribution >= 0.6 is 0 Å². The molecule has 0 bridgehead atoms. The molecular formula is C45H58Zr. The fraction of sp³-hybridized carbons (Fsp3) is 0.489. The van der Waals surface area contributed by atoms with Crippen LogP contribution in [0.5, 0.6) is 0 Å². The van der Waals surface area contributed by atoms with Crippen LogP contribution in [0.2, 0.25) is 3.63 Å². The predicted octanol–water partition coefficient (Wildman–Crippen LogP) is 12.9. The van der Waals surface area contributed by atoms with Gasteiger partial charge in [-0.2, -0.15) is 0 Å². The molecule has 0 spiro atoms. The van der Waals surface area contributed by atoms with Crippen molar-refractivity contribution in [1.29, 1.82) is 0 Å². The predicted molar refractivity (Wildman–Crippen MR) is 198 cm³/mol. The van der Waals surface area contributed by atoms with Gasteiger partial charge in [0.1, 0.15) is 0 Å². The molecule has 0 aromatic heterocycles. The van der Waals surface area contributed by atoms with Gasteiger partial charge in [0.25, 0.3) is 0 Å². The number of hydrogen-bond acceptors (Lipinski definition) is 0. The molecule has 3 aromatic carbocycles. The zero-order chi connectivity index (χ0) is 33.0. The summed E-state index contributed by atoms with van der Waals surface area (Å²) in [5.74, 6) is 1.76. The van der Waals surface area contributed by atoms with E-state index in [2.05, 4.69) is 148 Å². The van der Waals surface area contributed by atoms with Gasteiger partial charge in [-0.1, -0.05) is 0 Å². The van der Waals surface area contributed by atoms with E-state index in [1.807, 2.05) is 3.21 Å². The number of rotatable bonds is 6. The second-order valence-corrected chi connectivity index (χ2v) is 23.9. The molecule has 0 saturated heterocycles. The van der Waals surface area contributed by atoms with E-state index in [9.17, 15) is 0 Å². The minimum atomic E-state index is -2.61. The van der Waals surface area contributed by atoms with Crippen LogP contribution in [0.1, 0.15) is 156 Å². The first-order chi connectivity index (χ1) is 21.7. The molecule has 0 N–H and O–H groups in total. The summed E-state index contributed by atoms with van der Waals surface area (Å²) in [5, 5.41) is 0. The van der Waals surface area contributed by atoms with E-state index in [-0.39, 0.29) is 10.8 Å². The Labute approximate surface area is 289 Å². The van der Waals surface area contributed by atoms with E-state index in [4.69, 9.17) is 0 Å². The van der Waals surface area contributed by atoms with Gasteiger partial charge in [0, 0.05) is 0 Å². The molecule has 0 aliphatic heterocycles. The third-order valence-corrected chi connectivity index (χ3v) is 20.1. The Hall–Kier alpha value is -2.11. The summed E-state index contributed by atoms with van der Waals surface area (Å²) >= 11 is -2.61. The molecule has 242 valence electrons. The molecule has 0 heterocycles. The first-order valence-electron chi connectivity index (χ1n) is 18.3. The van der Waals surface area contributed by atoms with Crippen molar-refractivity contribution in [3.63, 3.8) is 0 Å². The van der Waals surface area contributed by atoms with Crippen molar-refractivity contribution in [2.75, 3.05) is 0 Å². The standard InChI is InChI=1S/C21H25.C19H28.C5H5.Zr/c1-20(2,3)16-7-9-18-14(12-16)11-15-13-17(21(4,5)6)8-10-19(15)18;1-14(2)18-11-17(12-19(13-18)15(3)4)10-16-8-6-5-7-9-16;1-2-4-5-3-1;/h7-13H,1-6H3;11-16H,5-9H2,1-4H3;1-5H;. The number of benzene rings is 3. The maximum absolute atomic E-state index is 2.66. The fourth-order valence-electron chi connectivity index (χ4n) is 8.22. The average Bonchev–Trinajstić information content (AvgIpc) is 3.65. The average molecular weight is 690 g/mol. The van der Waals surface area contributed by atoms with Crippen molar-refractivity contribution >= 4 is 3.21 Å². The van der Waals surface area contributed by atoms with Gasteiger partial charge in [-0.15, -0.1) is 0 Å². The summed E-state index contributed by atoms with van der Waals surface area (Å²) in [7, 11) is 0. The van der Waals surface area contributed by atoms with Crippen LogP contribution in [0.25, 0.3) is 11.1 Å². The van der Waals surface area contributed by atoms with Crippen LogP contribution in [0.4, 0.5) is 0 Å². The van der Waals surface area contributed by atoms with Gasteiger partial charge >= 0.3 is 291 Å². The van der Waals surface area contributed by atoms with Crippen LogP contribution in [0.15, 0.2) is 78.9 Å². The Kier molecular flexibility index (Phi) is 9.60. The maximum atomic E-state index is 2.66. The third-order valence-electron chi connectivity index (χ3n) is 11.1. The molecule has 3 aromatic rings. The van der Waals surface area contributed by atoms with E-state index < -0.39 is 21.3 Å². The van der Waals surface area contributed by atoms with Crippen molar-refractivity contribution in [3.05, 3.63) is 118 Å². The summed E-state index contributed by atoms with van der Waals surface area (Å²) in [6, 6.07) is 23.0. The topological polar surface area (TPSA) is 0 Å². The van der Waals surface area contributed by atoms with Crippen LogP contribution in [-0.2, 0) is 32.1 Å². The molecular weight excluding hydrogens is 632 g/mol. The third kappa shape index (κ3) is 6.62. The fourth-order valence-corrected chi connectivity index (χ4v) is 18.2.